The number of nitrogens with one attached hydrogen (secondary N) is 1. The average Bonchev–Trinajstić information content (AvgIpc) is 3.32. The summed E-state index contributed by atoms with van der Waals surface area (Å²) in [5.41, 5.74) is 8.81. The molecule has 3 N–H and O–H groups in total. The van der Waals surface area contributed by atoms with Gasteiger partial charge in [-0.15, -0.1) is 16.4 Å². The molecule has 9 heteroatoms. The van der Waals surface area contributed by atoms with E-state index >= 15 is 0 Å². The number of nitriles is 1. The number of rotatable bonds is 3. The van der Waals surface area contributed by atoms with Crippen LogP contribution in [0, 0.1) is 11.3 Å². The molecule has 1 atom stereocenters. The zero-order chi connectivity index (χ0) is 19.8. The van der Waals surface area contributed by atoms with Gasteiger partial charge in [-0.2, -0.15) is 5.26 Å². The topological polar surface area (TPSA) is 114 Å². The van der Waals surface area contributed by atoms with Crippen molar-refractivity contribution in [2.75, 3.05) is 7.11 Å². The molecule has 0 radical (unpaired) electrons. The second-order valence-electron chi connectivity index (χ2n) is 5.96. The summed E-state index contributed by atoms with van der Waals surface area (Å²) in [5, 5.41) is 16.9. The van der Waals surface area contributed by atoms with Gasteiger partial charge in [-0.25, -0.2) is 4.79 Å². The highest BCUT2D eigenvalue weighted by molar-refractivity contribution is 7.19. The summed E-state index contributed by atoms with van der Waals surface area (Å²) in [6.07, 6.45) is 0. The highest BCUT2D eigenvalue weighted by atomic mass is 35.5. The SMILES string of the molecule is COC(=O)c1ccc(C2C(C#N)=C(N)Oc3n[nH]c(-c4ccc(Cl)s4)c32)cc1. The monoisotopic (exact) mass is 412 g/mol. The van der Waals surface area contributed by atoms with Crippen molar-refractivity contribution in [3.05, 3.63) is 68.9 Å². The number of thiophene rings is 1. The fraction of sp³-hybridized carbons (Fsp3) is 0.105. The van der Waals surface area contributed by atoms with Crippen LogP contribution in [-0.2, 0) is 4.74 Å². The van der Waals surface area contributed by atoms with Gasteiger partial charge in [0, 0.05) is 0 Å². The van der Waals surface area contributed by atoms with Crippen molar-refractivity contribution in [1.29, 1.82) is 5.26 Å². The number of nitrogens with two attached hydrogens (primary N) is 1. The minimum atomic E-state index is -0.505. The molecule has 0 bridgehead atoms. The molecule has 0 spiro atoms. The smallest absolute Gasteiger partial charge is 0.337 e. The summed E-state index contributed by atoms with van der Waals surface area (Å²) in [6.45, 7) is 0. The Morgan fingerprint density at radius 1 is 1.36 bits per heavy atom. The summed E-state index contributed by atoms with van der Waals surface area (Å²) < 4.78 is 10.9. The number of methoxy groups -OCH3 is 1. The maximum absolute atomic E-state index is 11.7. The lowest BCUT2D eigenvalue weighted by Gasteiger charge is -2.24. The van der Waals surface area contributed by atoms with Gasteiger partial charge < -0.3 is 15.2 Å². The van der Waals surface area contributed by atoms with E-state index in [0.29, 0.717) is 27.0 Å². The van der Waals surface area contributed by atoms with Crippen LogP contribution in [0.15, 0.2) is 47.9 Å². The Bertz CT molecular complexity index is 1140. The van der Waals surface area contributed by atoms with Gasteiger partial charge in [0.1, 0.15) is 11.6 Å². The highest BCUT2D eigenvalue weighted by Crippen LogP contribution is 2.47. The molecule has 3 aromatic rings. The van der Waals surface area contributed by atoms with Crippen molar-refractivity contribution in [2.45, 2.75) is 5.92 Å². The Morgan fingerprint density at radius 3 is 2.71 bits per heavy atom. The third-order valence-electron chi connectivity index (χ3n) is 4.42. The lowest BCUT2D eigenvalue weighted by atomic mass is 9.83. The Balaban J connectivity index is 1.87. The number of carbonyl (C=O) groups is 1. The summed E-state index contributed by atoms with van der Waals surface area (Å²) in [5.74, 6) is -0.639. The number of H-pyrrole nitrogens is 1. The van der Waals surface area contributed by atoms with Crippen LogP contribution in [0.4, 0.5) is 0 Å². The fourth-order valence-electron chi connectivity index (χ4n) is 3.14. The maximum Gasteiger partial charge on any atom is 0.337 e. The van der Waals surface area contributed by atoms with Gasteiger partial charge in [-0.3, -0.25) is 5.10 Å². The van der Waals surface area contributed by atoms with Crippen LogP contribution in [0.5, 0.6) is 5.88 Å². The van der Waals surface area contributed by atoms with E-state index in [4.69, 9.17) is 26.8 Å². The first-order valence-corrected chi connectivity index (χ1v) is 9.32. The maximum atomic E-state index is 11.7. The molecule has 0 fully saturated rings. The molecule has 0 saturated heterocycles. The normalized spacial score (nSPS) is 15.5. The van der Waals surface area contributed by atoms with Crippen LogP contribution in [0.2, 0.25) is 4.34 Å². The number of carbonyl (C=O) groups excluding carboxylic acids is 1. The second kappa shape index (κ2) is 7.03. The van der Waals surface area contributed by atoms with E-state index < -0.39 is 11.9 Å². The van der Waals surface area contributed by atoms with Gasteiger partial charge >= 0.3 is 5.97 Å². The number of nitrogens with zero attached hydrogens (tertiary/aromatic N) is 2. The van der Waals surface area contributed by atoms with E-state index in [9.17, 15) is 10.1 Å². The van der Waals surface area contributed by atoms with Gasteiger partial charge in [0.2, 0.25) is 11.8 Å². The molecule has 0 saturated carbocycles. The predicted molar refractivity (Wildman–Crippen MR) is 104 cm³/mol. The zero-order valence-electron chi connectivity index (χ0n) is 14.5. The van der Waals surface area contributed by atoms with Crippen molar-refractivity contribution < 1.29 is 14.3 Å². The first-order valence-electron chi connectivity index (χ1n) is 8.13. The summed E-state index contributed by atoms with van der Waals surface area (Å²) in [4.78, 5) is 12.6. The summed E-state index contributed by atoms with van der Waals surface area (Å²) in [7, 11) is 1.32. The number of ether oxygens (including phenoxy) is 2. The van der Waals surface area contributed by atoms with E-state index in [1.165, 1.54) is 18.4 Å². The van der Waals surface area contributed by atoms with Crippen molar-refractivity contribution in [1.82, 2.24) is 10.2 Å². The van der Waals surface area contributed by atoms with Crippen molar-refractivity contribution >= 4 is 28.9 Å². The minimum absolute atomic E-state index is 0.000642. The van der Waals surface area contributed by atoms with Crippen LogP contribution < -0.4 is 10.5 Å². The highest BCUT2D eigenvalue weighted by Gasteiger charge is 2.36. The molecule has 2 aromatic heterocycles. The lowest BCUT2D eigenvalue weighted by Crippen LogP contribution is -2.21. The molecule has 4 rings (SSSR count). The third kappa shape index (κ3) is 2.91. The average molecular weight is 413 g/mol. The third-order valence-corrected chi connectivity index (χ3v) is 5.67. The van der Waals surface area contributed by atoms with Crippen LogP contribution in [-0.4, -0.2) is 23.3 Å². The number of allylic oxidation sites excluding steroid dienone is 1. The number of hydrogen-bond acceptors (Lipinski definition) is 7. The first-order chi connectivity index (χ1) is 13.5. The van der Waals surface area contributed by atoms with Gasteiger partial charge in [-0.05, 0) is 29.8 Å². The molecule has 7 nitrogen and oxygen atoms in total. The zero-order valence-corrected chi connectivity index (χ0v) is 16.1. The number of aromatic nitrogens is 2. The minimum Gasteiger partial charge on any atom is -0.465 e. The fourth-order valence-corrected chi connectivity index (χ4v) is 4.20. The Hall–Kier alpha value is -3.28. The van der Waals surface area contributed by atoms with E-state index in [2.05, 4.69) is 16.3 Å². The molecule has 1 aromatic carbocycles. The molecule has 0 aliphatic carbocycles. The number of hydrogen-bond donors (Lipinski definition) is 2. The molecule has 1 aliphatic rings. The molecule has 3 heterocycles. The number of halogens is 1. The Labute approximate surface area is 169 Å². The van der Waals surface area contributed by atoms with Crippen LogP contribution >= 0.6 is 22.9 Å². The molecule has 28 heavy (non-hydrogen) atoms. The first kappa shape index (κ1) is 18.1. The molecular weight excluding hydrogens is 400 g/mol. The number of benzene rings is 1. The van der Waals surface area contributed by atoms with Gasteiger partial charge in [0.25, 0.3) is 0 Å². The molecule has 1 unspecified atom stereocenters. The van der Waals surface area contributed by atoms with Crippen LogP contribution in [0.1, 0.15) is 27.4 Å². The predicted octanol–water partition coefficient (Wildman–Crippen LogP) is 3.80. The molecule has 0 amide bonds. The van der Waals surface area contributed by atoms with Crippen molar-refractivity contribution in [3.8, 4) is 22.5 Å². The Kier molecular flexibility index (Phi) is 4.55. The van der Waals surface area contributed by atoms with E-state index in [1.54, 1.807) is 30.3 Å². The van der Waals surface area contributed by atoms with E-state index in [0.717, 1.165) is 10.4 Å². The Morgan fingerprint density at radius 2 is 2.11 bits per heavy atom. The van der Waals surface area contributed by atoms with Crippen LogP contribution in [0.25, 0.3) is 10.6 Å². The second-order valence-corrected chi connectivity index (χ2v) is 7.67. The van der Waals surface area contributed by atoms with E-state index in [1.807, 2.05) is 6.07 Å². The van der Waals surface area contributed by atoms with Gasteiger partial charge in [0.05, 0.1) is 39.1 Å². The van der Waals surface area contributed by atoms with Crippen LogP contribution in [0.3, 0.4) is 0 Å². The number of fused-ring (bicyclic) bond motifs is 1. The van der Waals surface area contributed by atoms with Gasteiger partial charge in [0.15, 0.2) is 0 Å². The standard InChI is InChI=1S/C19H13ClN4O3S/c1-26-19(25)10-4-2-9(3-5-10)14-11(8-21)17(22)27-18-15(14)16(23-24-18)12-6-7-13(20)28-12/h2-7,14H,22H2,1H3,(H,23,24). The lowest BCUT2D eigenvalue weighted by molar-refractivity contribution is 0.0600. The molecule has 1 aliphatic heterocycles. The largest absolute Gasteiger partial charge is 0.465 e. The quantitative estimate of drug-likeness (QED) is 0.632. The van der Waals surface area contributed by atoms with Gasteiger partial charge in [-0.1, -0.05) is 23.7 Å². The summed E-state index contributed by atoms with van der Waals surface area (Å²) >= 11 is 7.46. The van der Waals surface area contributed by atoms with E-state index in [-0.39, 0.29) is 11.5 Å². The number of esters is 1. The number of aromatic amines is 1. The van der Waals surface area contributed by atoms with Crippen molar-refractivity contribution in [3.63, 3.8) is 0 Å². The molecular formula is C19H13ClN4O3S. The summed E-state index contributed by atoms with van der Waals surface area (Å²) in [6, 6.07) is 12.6. The van der Waals surface area contributed by atoms with Crippen molar-refractivity contribution in [2.24, 2.45) is 5.73 Å². The molecule has 140 valence electrons.